The van der Waals surface area contributed by atoms with Gasteiger partial charge >= 0.3 is 0 Å². The van der Waals surface area contributed by atoms with Crippen LogP contribution in [0, 0.1) is 25.2 Å². The average Bonchev–Trinajstić information content (AvgIpc) is 3.28. The number of hydrogen-bond acceptors (Lipinski definition) is 6. The molecule has 1 aromatic carbocycles. The molecule has 0 aliphatic rings. The average molecular weight is 435 g/mol. The summed E-state index contributed by atoms with van der Waals surface area (Å²) in [4.78, 5) is 31.4. The van der Waals surface area contributed by atoms with E-state index in [4.69, 9.17) is 4.42 Å². The monoisotopic (exact) mass is 434 g/mol. The van der Waals surface area contributed by atoms with Crippen molar-refractivity contribution in [2.75, 3.05) is 17.7 Å². The molecule has 0 spiro atoms. The largest absolute Gasteiger partial charge is 0.467 e. The van der Waals surface area contributed by atoms with Gasteiger partial charge in [0.15, 0.2) is 0 Å². The van der Waals surface area contributed by atoms with Crippen LogP contribution in [0.25, 0.3) is 0 Å². The van der Waals surface area contributed by atoms with Gasteiger partial charge in [0, 0.05) is 12.7 Å². The minimum Gasteiger partial charge on any atom is -0.467 e. The molecule has 0 fully saturated rings. The van der Waals surface area contributed by atoms with Crippen molar-refractivity contribution in [1.29, 1.82) is 5.26 Å². The molecule has 0 atom stereocenters. The number of hydrogen-bond donors (Lipinski definition) is 1. The van der Waals surface area contributed by atoms with E-state index in [-0.39, 0.29) is 24.1 Å². The van der Waals surface area contributed by atoms with Crippen molar-refractivity contribution in [3.63, 3.8) is 0 Å². The first-order valence-electron chi connectivity index (χ1n) is 9.58. The third-order valence-corrected chi connectivity index (χ3v) is 5.60. The van der Waals surface area contributed by atoms with Gasteiger partial charge in [-0.15, -0.1) is 0 Å². The van der Waals surface area contributed by atoms with Crippen LogP contribution in [-0.2, 0) is 11.3 Å². The summed E-state index contributed by atoms with van der Waals surface area (Å²) in [6, 6.07) is 14.4. The third-order valence-electron chi connectivity index (χ3n) is 4.64. The number of pyridine rings is 1. The fourth-order valence-corrected chi connectivity index (χ4v) is 4.05. The van der Waals surface area contributed by atoms with Crippen LogP contribution < -0.4 is 10.2 Å². The summed E-state index contributed by atoms with van der Waals surface area (Å²) >= 11 is 1.22. The molecular weight excluding hydrogens is 412 g/mol. The fraction of sp³-hybridized carbons (Fsp3) is 0.217. The minimum absolute atomic E-state index is 0.0867. The van der Waals surface area contributed by atoms with Crippen molar-refractivity contribution in [3.05, 3.63) is 76.9 Å². The van der Waals surface area contributed by atoms with E-state index < -0.39 is 0 Å². The lowest BCUT2D eigenvalue weighted by Crippen LogP contribution is -2.31. The van der Waals surface area contributed by atoms with Gasteiger partial charge in [-0.3, -0.25) is 9.59 Å². The first-order valence-corrected chi connectivity index (χ1v) is 10.6. The van der Waals surface area contributed by atoms with Crippen LogP contribution in [0.2, 0.25) is 0 Å². The lowest BCUT2D eigenvalue weighted by Gasteiger charge is -2.20. The van der Waals surface area contributed by atoms with E-state index in [1.807, 2.05) is 19.9 Å². The van der Waals surface area contributed by atoms with Crippen molar-refractivity contribution in [2.45, 2.75) is 25.4 Å². The second kappa shape index (κ2) is 9.96. The van der Waals surface area contributed by atoms with E-state index in [1.54, 1.807) is 49.7 Å². The highest BCUT2D eigenvalue weighted by atomic mass is 32.2. The number of nitrogens with zero attached hydrogens (tertiary/aromatic N) is 3. The lowest BCUT2D eigenvalue weighted by atomic mass is 10.1. The third kappa shape index (κ3) is 5.32. The van der Waals surface area contributed by atoms with E-state index in [0.717, 1.165) is 11.3 Å². The standard InChI is InChI=1S/C23H22N4O3S/c1-15-11-16(2)26-23(19(15)12-24)31-14-21(28)27(3)20-9-5-4-8-18(20)22(29)25-13-17-7-6-10-30-17/h4-11H,13-14H2,1-3H3,(H,25,29). The Hall–Kier alpha value is -3.57. The number of aromatic nitrogens is 1. The van der Waals surface area contributed by atoms with E-state index in [2.05, 4.69) is 16.4 Å². The summed E-state index contributed by atoms with van der Waals surface area (Å²) in [5.74, 6) is 0.216. The quantitative estimate of drug-likeness (QED) is 0.567. The number of aryl methyl sites for hydroxylation is 2. The van der Waals surface area contributed by atoms with Gasteiger partial charge in [-0.25, -0.2) is 4.98 Å². The molecular formula is C23H22N4O3S. The molecule has 31 heavy (non-hydrogen) atoms. The minimum atomic E-state index is -0.304. The number of nitrogens with one attached hydrogen (secondary N) is 1. The van der Waals surface area contributed by atoms with E-state index in [0.29, 0.717) is 27.6 Å². The molecule has 0 radical (unpaired) electrons. The number of thioether (sulfide) groups is 1. The summed E-state index contributed by atoms with van der Waals surface area (Å²) in [5, 5.41) is 12.7. The van der Waals surface area contributed by atoms with Gasteiger partial charge in [-0.05, 0) is 49.7 Å². The summed E-state index contributed by atoms with van der Waals surface area (Å²) in [6.45, 7) is 3.95. The number of carbonyl (C=O) groups is 2. The Kier molecular flexibility index (Phi) is 7.11. The van der Waals surface area contributed by atoms with Gasteiger partial charge in [0.2, 0.25) is 5.91 Å². The Bertz CT molecular complexity index is 1140. The Morgan fingerprint density at radius 3 is 2.71 bits per heavy atom. The summed E-state index contributed by atoms with van der Waals surface area (Å²) in [5.41, 5.74) is 2.98. The van der Waals surface area contributed by atoms with E-state index >= 15 is 0 Å². The van der Waals surface area contributed by atoms with Crippen molar-refractivity contribution in [3.8, 4) is 6.07 Å². The van der Waals surface area contributed by atoms with Gasteiger partial charge in [-0.1, -0.05) is 23.9 Å². The Balaban J connectivity index is 1.71. The number of furan rings is 1. The van der Waals surface area contributed by atoms with Gasteiger partial charge in [0.05, 0.1) is 35.4 Å². The van der Waals surface area contributed by atoms with Crippen LogP contribution in [0.15, 0.2) is 58.2 Å². The topological polar surface area (TPSA) is 99.2 Å². The number of nitriles is 1. The zero-order chi connectivity index (χ0) is 22.4. The summed E-state index contributed by atoms with van der Waals surface area (Å²) in [7, 11) is 1.63. The molecule has 3 aromatic rings. The molecule has 1 N–H and O–H groups in total. The summed E-state index contributed by atoms with van der Waals surface area (Å²) in [6.07, 6.45) is 1.54. The maximum atomic E-state index is 12.9. The van der Waals surface area contributed by atoms with Crippen LogP contribution in [0.1, 0.15) is 32.9 Å². The van der Waals surface area contributed by atoms with Crippen LogP contribution in [0.4, 0.5) is 5.69 Å². The highest BCUT2D eigenvalue weighted by Gasteiger charge is 2.20. The van der Waals surface area contributed by atoms with Gasteiger partial charge in [0.25, 0.3) is 5.91 Å². The molecule has 3 rings (SSSR count). The lowest BCUT2D eigenvalue weighted by molar-refractivity contribution is -0.115. The number of para-hydroxylation sites is 1. The SMILES string of the molecule is Cc1cc(C)c(C#N)c(SCC(=O)N(C)c2ccccc2C(=O)NCc2ccco2)n1. The number of rotatable bonds is 7. The predicted octanol–water partition coefficient (Wildman–Crippen LogP) is 3.85. The summed E-state index contributed by atoms with van der Waals surface area (Å²) < 4.78 is 5.23. The van der Waals surface area contributed by atoms with Gasteiger partial charge in [0.1, 0.15) is 16.9 Å². The molecule has 158 valence electrons. The Labute approximate surface area is 185 Å². The molecule has 0 aliphatic heterocycles. The molecule has 8 heteroatoms. The maximum Gasteiger partial charge on any atom is 0.253 e. The van der Waals surface area contributed by atoms with Crippen molar-refractivity contribution in [2.24, 2.45) is 0 Å². The highest BCUT2D eigenvalue weighted by Crippen LogP contribution is 2.25. The second-order valence-electron chi connectivity index (χ2n) is 6.89. The smallest absolute Gasteiger partial charge is 0.253 e. The van der Waals surface area contributed by atoms with Crippen LogP contribution in [-0.4, -0.2) is 29.6 Å². The van der Waals surface area contributed by atoms with Gasteiger partial charge in [-0.2, -0.15) is 5.26 Å². The Morgan fingerprint density at radius 2 is 2.00 bits per heavy atom. The zero-order valence-corrected chi connectivity index (χ0v) is 18.3. The van der Waals surface area contributed by atoms with E-state index in [1.165, 1.54) is 16.7 Å². The van der Waals surface area contributed by atoms with Crippen molar-refractivity contribution >= 4 is 29.3 Å². The van der Waals surface area contributed by atoms with Crippen LogP contribution in [0.3, 0.4) is 0 Å². The number of anilines is 1. The molecule has 0 saturated heterocycles. The normalized spacial score (nSPS) is 10.4. The highest BCUT2D eigenvalue weighted by molar-refractivity contribution is 8.00. The number of carbonyl (C=O) groups excluding carboxylic acids is 2. The van der Waals surface area contributed by atoms with Crippen molar-refractivity contribution in [1.82, 2.24) is 10.3 Å². The molecule has 0 bridgehead atoms. The Morgan fingerprint density at radius 1 is 1.23 bits per heavy atom. The molecule has 2 heterocycles. The molecule has 7 nitrogen and oxygen atoms in total. The molecule has 2 aromatic heterocycles. The molecule has 0 aliphatic carbocycles. The van der Waals surface area contributed by atoms with Gasteiger partial charge < -0.3 is 14.6 Å². The first-order chi connectivity index (χ1) is 14.9. The molecule has 2 amide bonds. The van der Waals surface area contributed by atoms with Crippen LogP contribution >= 0.6 is 11.8 Å². The van der Waals surface area contributed by atoms with Crippen molar-refractivity contribution < 1.29 is 14.0 Å². The number of benzene rings is 1. The second-order valence-corrected chi connectivity index (χ2v) is 7.86. The zero-order valence-electron chi connectivity index (χ0n) is 17.5. The van der Waals surface area contributed by atoms with Crippen LogP contribution in [0.5, 0.6) is 0 Å². The predicted molar refractivity (Wildman–Crippen MR) is 119 cm³/mol. The molecule has 0 saturated carbocycles. The fourth-order valence-electron chi connectivity index (χ4n) is 3.04. The molecule has 0 unspecified atom stereocenters. The van der Waals surface area contributed by atoms with E-state index in [9.17, 15) is 14.9 Å². The first kappa shape index (κ1) is 22.1. The maximum absolute atomic E-state index is 12.9. The number of amides is 2.